The second-order valence-electron chi connectivity index (χ2n) is 13.7. The Balaban J connectivity index is 1.34. The molecule has 1 aromatic rings. The average molecular weight is 679 g/mol. The third kappa shape index (κ3) is 7.47. The largest absolute Gasteiger partial charge is 0.455 e. The second kappa shape index (κ2) is 16.0. The number of hydrogen-bond donors (Lipinski definition) is 2. The molecule has 5 aliphatic heterocycles. The van der Waals surface area contributed by atoms with Gasteiger partial charge in [-0.05, 0) is 31.7 Å². The number of fused-ring (bicyclic) bond motifs is 2. The number of allylic oxidation sites excluding steroid dienone is 1. The zero-order valence-electron chi connectivity index (χ0n) is 28.4. The number of nitrogens with zero attached hydrogens (tertiary/aromatic N) is 3. The maximum Gasteiger partial charge on any atom is 0.313 e. The van der Waals surface area contributed by atoms with Crippen LogP contribution in [0, 0.1) is 11.8 Å². The van der Waals surface area contributed by atoms with Crippen molar-refractivity contribution in [3.8, 4) is 0 Å². The molecule has 6 rings (SSSR count). The van der Waals surface area contributed by atoms with Crippen molar-refractivity contribution in [1.29, 1.82) is 0 Å². The van der Waals surface area contributed by atoms with Crippen LogP contribution in [0.2, 0.25) is 0 Å². The van der Waals surface area contributed by atoms with Crippen LogP contribution in [-0.2, 0) is 33.4 Å². The van der Waals surface area contributed by atoms with Crippen LogP contribution in [0.5, 0.6) is 0 Å². The van der Waals surface area contributed by atoms with Gasteiger partial charge in [0.05, 0.1) is 31.3 Å². The number of amides is 3. The number of rotatable bonds is 10. The van der Waals surface area contributed by atoms with E-state index in [9.17, 15) is 24.3 Å². The van der Waals surface area contributed by atoms with Gasteiger partial charge < -0.3 is 34.4 Å². The number of unbranched alkanes of at least 4 members (excludes halogenated alkanes) is 3. The molecule has 0 unspecified atom stereocenters. The summed E-state index contributed by atoms with van der Waals surface area (Å²) < 4.78 is 18.3. The van der Waals surface area contributed by atoms with E-state index in [-0.39, 0.29) is 30.7 Å². The van der Waals surface area contributed by atoms with E-state index in [4.69, 9.17) is 14.2 Å². The fraction of sp³-hybridized carbons (Fsp3) is 0.622. The Labute approximate surface area is 288 Å². The minimum atomic E-state index is -1.30. The van der Waals surface area contributed by atoms with Crippen molar-refractivity contribution < 1.29 is 38.5 Å². The molecule has 5 heterocycles. The molecular formula is C37H50N4O8. The highest BCUT2D eigenvalue weighted by atomic mass is 16.6. The molecule has 1 aromatic carbocycles. The molecule has 5 bridgehead atoms. The molecule has 0 radical (unpaired) electrons. The number of benzene rings is 1. The molecule has 0 aliphatic carbocycles. The number of carbonyl (C=O) groups is 4. The van der Waals surface area contributed by atoms with E-state index in [2.05, 4.69) is 10.2 Å². The lowest BCUT2D eigenvalue weighted by Gasteiger charge is -2.37. The van der Waals surface area contributed by atoms with Crippen molar-refractivity contribution in [3.63, 3.8) is 0 Å². The van der Waals surface area contributed by atoms with E-state index >= 15 is 0 Å². The highest BCUT2D eigenvalue weighted by Gasteiger charge is 2.73. The lowest BCUT2D eigenvalue weighted by atomic mass is 9.74. The lowest BCUT2D eigenvalue weighted by molar-refractivity contribution is -0.161. The Morgan fingerprint density at radius 3 is 2.49 bits per heavy atom. The molecule has 49 heavy (non-hydrogen) atoms. The Hall–Kier alpha value is -3.58. The maximum atomic E-state index is 14.8. The molecule has 12 heteroatoms. The number of hydrogen-bond acceptors (Lipinski definition) is 9. The summed E-state index contributed by atoms with van der Waals surface area (Å²) in [5.74, 6) is -3.13. The first kappa shape index (κ1) is 35.3. The van der Waals surface area contributed by atoms with Gasteiger partial charge in [0.1, 0.15) is 23.7 Å². The zero-order chi connectivity index (χ0) is 34.4. The zero-order valence-corrected chi connectivity index (χ0v) is 28.4. The summed E-state index contributed by atoms with van der Waals surface area (Å²) >= 11 is 0. The SMILES string of the molecule is C[C@@H]1NC(=O)CC/C=C\CN(CCN2CCOCC2)C(=O)[C@H]2N(CCCCCCO)C(=O)[C@@H]3[C@@H](C(=O)O[C@H]1c1ccccc1)[C@H]1C=C[C@]32O1. The van der Waals surface area contributed by atoms with Gasteiger partial charge in [-0.25, -0.2) is 0 Å². The Morgan fingerprint density at radius 1 is 0.939 bits per heavy atom. The van der Waals surface area contributed by atoms with Crippen LogP contribution in [0.4, 0.5) is 0 Å². The van der Waals surface area contributed by atoms with Crippen molar-refractivity contribution >= 4 is 23.7 Å². The minimum absolute atomic E-state index is 0.108. The molecule has 5 aliphatic rings. The summed E-state index contributed by atoms with van der Waals surface area (Å²) in [6, 6.07) is 7.79. The summed E-state index contributed by atoms with van der Waals surface area (Å²) in [5.41, 5.74) is -0.577. The summed E-state index contributed by atoms with van der Waals surface area (Å²) in [7, 11) is 0. The number of likely N-dealkylation sites (tertiary alicyclic amines) is 1. The second-order valence-corrected chi connectivity index (χ2v) is 13.7. The molecule has 7 atom stereocenters. The van der Waals surface area contributed by atoms with Crippen molar-refractivity contribution in [2.24, 2.45) is 11.8 Å². The molecule has 0 saturated carbocycles. The van der Waals surface area contributed by atoms with Crippen LogP contribution in [0.1, 0.15) is 57.1 Å². The number of nitrogens with one attached hydrogen (secondary N) is 1. The van der Waals surface area contributed by atoms with Crippen molar-refractivity contribution in [3.05, 3.63) is 60.2 Å². The molecule has 3 saturated heterocycles. The third-order valence-electron chi connectivity index (χ3n) is 10.5. The third-order valence-corrected chi connectivity index (χ3v) is 10.5. The smallest absolute Gasteiger partial charge is 0.313 e. The number of morpholine rings is 1. The fourth-order valence-electron chi connectivity index (χ4n) is 8.00. The number of cyclic esters (lactones) is 1. The van der Waals surface area contributed by atoms with E-state index in [1.54, 1.807) is 15.9 Å². The topological polar surface area (TPSA) is 138 Å². The lowest BCUT2D eigenvalue weighted by Crippen LogP contribution is -2.57. The van der Waals surface area contributed by atoms with E-state index < -0.39 is 47.7 Å². The van der Waals surface area contributed by atoms with Crippen molar-refractivity contribution in [1.82, 2.24) is 20.0 Å². The number of aliphatic hydroxyl groups is 1. The van der Waals surface area contributed by atoms with E-state index in [1.807, 2.05) is 55.5 Å². The predicted molar refractivity (Wildman–Crippen MR) is 180 cm³/mol. The van der Waals surface area contributed by atoms with Gasteiger partial charge in [0.25, 0.3) is 0 Å². The van der Waals surface area contributed by atoms with Crippen molar-refractivity contribution in [2.75, 3.05) is 59.1 Å². The fourth-order valence-corrected chi connectivity index (χ4v) is 8.00. The van der Waals surface area contributed by atoms with Gasteiger partial charge in [0.15, 0.2) is 0 Å². The van der Waals surface area contributed by atoms with Crippen LogP contribution in [0.3, 0.4) is 0 Å². The van der Waals surface area contributed by atoms with Crippen LogP contribution < -0.4 is 5.32 Å². The Bertz CT molecular complexity index is 1400. The Morgan fingerprint density at radius 2 is 1.71 bits per heavy atom. The molecule has 3 amide bonds. The van der Waals surface area contributed by atoms with E-state index in [0.29, 0.717) is 58.7 Å². The quantitative estimate of drug-likeness (QED) is 0.216. The summed E-state index contributed by atoms with van der Waals surface area (Å²) in [4.78, 5) is 62.3. The van der Waals surface area contributed by atoms with Gasteiger partial charge in [-0.1, -0.05) is 67.5 Å². The standard InChI is InChI=1S/C37H50N4O8/c1-26-32(27-12-6-4-7-13-27)48-36(46)30-28-15-16-37(49-28)31(30)34(44)41(18-10-2-3-11-23-42)33(37)35(45)40(17-9-5-8-14-29(43)38-26)20-19-39-21-24-47-25-22-39/h4-7,9,12-13,15-16,26,28,30-33,42H,2-3,8,10-11,14,17-25H2,1H3,(H,38,43)/b9-5-/t26-,28+,30-,31-,32+,33+,37-/m0/s1. The van der Waals surface area contributed by atoms with E-state index in [1.165, 1.54) is 0 Å². The average Bonchev–Trinajstić information content (AvgIpc) is 3.75. The summed E-state index contributed by atoms with van der Waals surface area (Å²) in [6.45, 7) is 6.50. The minimum Gasteiger partial charge on any atom is -0.455 e. The van der Waals surface area contributed by atoms with Gasteiger partial charge in [-0.2, -0.15) is 0 Å². The number of ether oxygens (including phenoxy) is 3. The number of aliphatic hydroxyl groups excluding tert-OH is 1. The van der Waals surface area contributed by atoms with Crippen LogP contribution in [0.25, 0.3) is 0 Å². The molecule has 1 spiro atoms. The van der Waals surface area contributed by atoms with Gasteiger partial charge in [-0.3, -0.25) is 24.1 Å². The first-order valence-corrected chi connectivity index (χ1v) is 17.9. The first-order chi connectivity index (χ1) is 23.8. The monoisotopic (exact) mass is 678 g/mol. The summed E-state index contributed by atoms with van der Waals surface area (Å²) in [5, 5.41) is 12.3. The van der Waals surface area contributed by atoms with Gasteiger partial charge in [0, 0.05) is 52.3 Å². The van der Waals surface area contributed by atoms with Gasteiger partial charge >= 0.3 is 5.97 Å². The molecule has 0 aromatic heterocycles. The predicted octanol–water partition coefficient (Wildman–Crippen LogP) is 1.99. The number of esters is 1. The molecule has 266 valence electrons. The van der Waals surface area contributed by atoms with E-state index in [0.717, 1.165) is 31.5 Å². The molecule has 3 fully saturated rings. The normalized spacial score (nSPS) is 33.1. The maximum absolute atomic E-state index is 14.8. The van der Waals surface area contributed by atoms with Gasteiger partial charge in [0.2, 0.25) is 17.7 Å². The van der Waals surface area contributed by atoms with Crippen LogP contribution in [0.15, 0.2) is 54.6 Å². The highest BCUT2D eigenvalue weighted by Crippen LogP contribution is 2.56. The van der Waals surface area contributed by atoms with Gasteiger partial charge in [-0.15, -0.1) is 0 Å². The first-order valence-electron chi connectivity index (χ1n) is 17.9. The van der Waals surface area contributed by atoms with Crippen molar-refractivity contribution in [2.45, 2.75) is 75.3 Å². The summed E-state index contributed by atoms with van der Waals surface area (Å²) in [6.07, 6.45) is 9.60. The number of carbonyl (C=O) groups excluding carboxylic acids is 4. The molecule has 12 nitrogen and oxygen atoms in total. The van der Waals surface area contributed by atoms with Crippen LogP contribution in [-0.4, -0.2) is 126 Å². The molecular weight excluding hydrogens is 628 g/mol. The Kier molecular flexibility index (Phi) is 11.5. The van der Waals surface area contributed by atoms with Crippen LogP contribution >= 0.6 is 0 Å². The highest BCUT2D eigenvalue weighted by molar-refractivity contribution is 5.99. The molecule has 2 N–H and O–H groups in total.